The average Bonchev–Trinajstić information content (AvgIpc) is 2.74. The van der Waals surface area contributed by atoms with E-state index < -0.39 is 0 Å². The van der Waals surface area contributed by atoms with Gasteiger partial charge in [-0.05, 0) is 12.1 Å². The molecule has 0 bridgehead atoms. The zero-order valence-corrected chi connectivity index (χ0v) is 9.13. The molecule has 2 rings (SSSR count). The van der Waals surface area contributed by atoms with Gasteiger partial charge in [0.2, 0.25) is 5.91 Å². The summed E-state index contributed by atoms with van der Waals surface area (Å²) < 4.78 is 0. The molecule has 1 N–H and O–H groups in total. The lowest BCUT2D eigenvalue weighted by Gasteiger charge is -2.10. The quantitative estimate of drug-likeness (QED) is 0.791. The van der Waals surface area contributed by atoms with Crippen LogP contribution in [-0.2, 0) is 11.3 Å². The van der Waals surface area contributed by atoms with Gasteiger partial charge in [-0.3, -0.25) is 14.8 Å². The van der Waals surface area contributed by atoms with E-state index in [1.165, 1.54) is 0 Å². The number of aromatic nitrogens is 1. The van der Waals surface area contributed by atoms with Crippen molar-refractivity contribution in [2.75, 3.05) is 13.6 Å². The van der Waals surface area contributed by atoms with Crippen molar-refractivity contribution >= 4 is 12.1 Å². The Morgan fingerprint density at radius 3 is 3.12 bits per heavy atom. The molecule has 0 spiro atoms. The normalized spacial score (nSPS) is 18.8. The highest BCUT2D eigenvalue weighted by Gasteiger charge is 2.21. The second-order valence-electron chi connectivity index (χ2n) is 3.75. The van der Waals surface area contributed by atoms with Crippen LogP contribution < -0.4 is 5.32 Å². The van der Waals surface area contributed by atoms with Crippen LogP contribution in [0, 0.1) is 5.92 Å². The number of nitrogens with zero attached hydrogens (tertiary/aromatic N) is 3. The van der Waals surface area contributed by atoms with Crippen LogP contribution in [0.15, 0.2) is 29.5 Å². The molecule has 0 aliphatic carbocycles. The number of hydrogen-bond donors (Lipinski definition) is 1. The Labute approximate surface area is 94.2 Å². The lowest BCUT2D eigenvalue weighted by atomic mass is 10.1. The first kappa shape index (κ1) is 10.6. The van der Waals surface area contributed by atoms with E-state index in [-0.39, 0.29) is 11.8 Å². The summed E-state index contributed by atoms with van der Waals surface area (Å²) in [6.07, 6.45) is 3.39. The number of amides is 1. The van der Waals surface area contributed by atoms with Gasteiger partial charge in [0.15, 0.2) is 0 Å². The minimum absolute atomic E-state index is 0.00115. The minimum Gasteiger partial charge on any atom is -0.350 e. The summed E-state index contributed by atoms with van der Waals surface area (Å²) in [6.45, 7) is 1.11. The fourth-order valence-electron chi connectivity index (χ4n) is 1.54. The van der Waals surface area contributed by atoms with E-state index in [1.807, 2.05) is 25.2 Å². The zero-order valence-electron chi connectivity index (χ0n) is 9.13. The van der Waals surface area contributed by atoms with Crippen molar-refractivity contribution in [2.45, 2.75) is 6.54 Å². The van der Waals surface area contributed by atoms with E-state index in [9.17, 15) is 4.79 Å². The van der Waals surface area contributed by atoms with Gasteiger partial charge in [-0.1, -0.05) is 6.07 Å². The van der Waals surface area contributed by atoms with Crippen molar-refractivity contribution in [1.29, 1.82) is 0 Å². The van der Waals surface area contributed by atoms with Crippen molar-refractivity contribution in [1.82, 2.24) is 15.3 Å². The van der Waals surface area contributed by atoms with Crippen LogP contribution >= 0.6 is 0 Å². The molecule has 1 aliphatic heterocycles. The van der Waals surface area contributed by atoms with Crippen molar-refractivity contribution in [3.8, 4) is 0 Å². The summed E-state index contributed by atoms with van der Waals surface area (Å²) in [4.78, 5) is 15.8. The highest BCUT2D eigenvalue weighted by atomic mass is 16.1. The Balaban J connectivity index is 1.83. The fraction of sp³-hybridized carbons (Fsp3) is 0.364. The van der Waals surface area contributed by atoms with Crippen LogP contribution in [0.5, 0.6) is 0 Å². The van der Waals surface area contributed by atoms with Gasteiger partial charge < -0.3 is 5.32 Å². The van der Waals surface area contributed by atoms with Gasteiger partial charge in [-0.15, -0.1) is 0 Å². The van der Waals surface area contributed by atoms with Crippen molar-refractivity contribution in [3.05, 3.63) is 30.1 Å². The van der Waals surface area contributed by atoms with E-state index in [4.69, 9.17) is 0 Å². The van der Waals surface area contributed by atoms with Gasteiger partial charge in [0.1, 0.15) is 0 Å². The third-order valence-electron chi connectivity index (χ3n) is 2.41. The van der Waals surface area contributed by atoms with Gasteiger partial charge >= 0.3 is 0 Å². The monoisotopic (exact) mass is 218 g/mol. The largest absolute Gasteiger partial charge is 0.350 e. The fourth-order valence-corrected chi connectivity index (χ4v) is 1.54. The van der Waals surface area contributed by atoms with Crippen LogP contribution in [0.1, 0.15) is 5.69 Å². The second kappa shape index (κ2) is 4.74. The summed E-state index contributed by atoms with van der Waals surface area (Å²) in [7, 11) is 1.85. The first-order valence-corrected chi connectivity index (χ1v) is 5.18. The molecule has 1 atom stereocenters. The SMILES string of the molecule is CN1CC(C(=O)NCc2ccccn2)C=N1. The van der Waals surface area contributed by atoms with Gasteiger partial charge in [-0.2, -0.15) is 5.10 Å². The predicted octanol–water partition coefficient (Wildman–Crippen LogP) is 0.245. The maximum Gasteiger partial charge on any atom is 0.230 e. The topological polar surface area (TPSA) is 57.6 Å². The summed E-state index contributed by atoms with van der Waals surface area (Å²) >= 11 is 0. The number of pyridine rings is 1. The van der Waals surface area contributed by atoms with Crippen LogP contribution in [0.25, 0.3) is 0 Å². The predicted molar refractivity (Wildman–Crippen MR) is 60.7 cm³/mol. The second-order valence-corrected chi connectivity index (χ2v) is 3.75. The molecule has 0 saturated heterocycles. The third kappa shape index (κ3) is 2.56. The smallest absolute Gasteiger partial charge is 0.230 e. The average molecular weight is 218 g/mol. The van der Waals surface area contributed by atoms with Gasteiger partial charge in [0.05, 0.1) is 24.7 Å². The standard InChI is InChI=1S/C11H14N4O/c1-15-8-9(6-14-15)11(16)13-7-10-4-2-3-5-12-10/h2-6,9H,7-8H2,1H3,(H,13,16). The summed E-state index contributed by atoms with van der Waals surface area (Å²) in [5.74, 6) is -0.146. The van der Waals surface area contributed by atoms with E-state index in [0.717, 1.165) is 5.69 Å². The van der Waals surface area contributed by atoms with Crippen LogP contribution in [-0.4, -0.2) is 35.7 Å². The summed E-state index contributed by atoms with van der Waals surface area (Å²) in [5, 5.41) is 8.62. The highest BCUT2D eigenvalue weighted by Crippen LogP contribution is 2.05. The number of carbonyl (C=O) groups is 1. The molecule has 0 fully saturated rings. The Hall–Kier alpha value is -1.91. The van der Waals surface area contributed by atoms with Gasteiger partial charge in [0, 0.05) is 19.5 Å². The van der Waals surface area contributed by atoms with Crippen LogP contribution in [0.4, 0.5) is 0 Å². The molecule has 1 aliphatic rings. The Morgan fingerprint density at radius 2 is 2.50 bits per heavy atom. The molecule has 1 unspecified atom stereocenters. The maximum absolute atomic E-state index is 11.7. The van der Waals surface area contributed by atoms with E-state index in [1.54, 1.807) is 17.4 Å². The van der Waals surface area contributed by atoms with E-state index >= 15 is 0 Å². The molecule has 5 nitrogen and oxygen atoms in total. The number of rotatable bonds is 3. The van der Waals surface area contributed by atoms with Crippen molar-refractivity contribution in [2.24, 2.45) is 11.0 Å². The summed E-state index contributed by atoms with van der Waals surface area (Å²) in [5.41, 5.74) is 0.860. The molecule has 84 valence electrons. The molecule has 0 radical (unpaired) electrons. The van der Waals surface area contributed by atoms with Crippen LogP contribution in [0.3, 0.4) is 0 Å². The number of hydrogen-bond acceptors (Lipinski definition) is 4. The number of nitrogens with one attached hydrogen (secondary N) is 1. The first-order chi connectivity index (χ1) is 7.75. The van der Waals surface area contributed by atoms with Crippen LogP contribution in [0.2, 0.25) is 0 Å². The molecule has 1 amide bonds. The minimum atomic E-state index is -0.145. The van der Waals surface area contributed by atoms with Crippen molar-refractivity contribution in [3.63, 3.8) is 0 Å². The molecule has 0 saturated carbocycles. The Kier molecular flexibility index (Phi) is 3.14. The van der Waals surface area contributed by atoms with Gasteiger partial charge in [0.25, 0.3) is 0 Å². The number of carbonyl (C=O) groups excluding carboxylic acids is 1. The molecule has 2 heterocycles. The molecule has 1 aromatic rings. The van der Waals surface area contributed by atoms with Gasteiger partial charge in [-0.25, -0.2) is 0 Å². The molecular formula is C11H14N4O. The first-order valence-electron chi connectivity index (χ1n) is 5.18. The zero-order chi connectivity index (χ0) is 11.4. The molecule has 0 aromatic carbocycles. The lowest BCUT2D eigenvalue weighted by molar-refractivity contribution is -0.123. The van der Waals surface area contributed by atoms with E-state index in [0.29, 0.717) is 13.1 Å². The molecular weight excluding hydrogens is 204 g/mol. The third-order valence-corrected chi connectivity index (χ3v) is 2.41. The number of hydrazone groups is 1. The highest BCUT2D eigenvalue weighted by molar-refractivity contribution is 5.94. The molecule has 5 heteroatoms. The van der Waals surface area contributed by atoms with E-state index in [2.05, 4.69) is 15.4 Å². The maximum atomic E-state index is 11.7. The Bertz CT molecular complexity index is 390. The van der Waals surface area contributed by atoms with Crippen molar-refractivity contribution < 1.29 is 4.79 Å². The molecule has 16 heavy (non-hydrogen) atoms. The lowest BCUT2D eigenvalue weighted by Crippen LogP contribution is -2.33. The Morgan fingerprint density at radius 1 is 1.62 bits per heavy atom. The summed E-state index contributed by atoms with van der Waals surface area (Å²) in [6, 6.07) is 5.64. The molecule has 1 aromatic heterocycles.